The number of aliphatic hydroxyl groups excluding tert-OH is 1. The Kier molecular flexibility index (Phi) is 5.73. The molecule has 1 atom stereocenters. The maximum atomic E-state index is 16.0. The molecule has 184 valence electrons. The third-order valence-corrected chi connectivity index (χ3v) is 6.03. The van der Waals surface area contributed by atoms with Crippen LogP contribution in [0, 0.1) is 5.82 Å². The number of aliphatic hydroxyl groups is 1. The number of aromatic nitrogens is 8. The second kappa shape index (κ2) is 9.36. The van der Waals surface area contributed by atoms with Crippen molar-refractivity contribution in [1.29, 1.82) is 0 Å². The van der Waals surface area contributed by atoms with E-state index in [1.165, 1.54) is 6.20 Å². The molecule has 0 spiro atoms. The van der Waals surface area contributed by atoms with E-state index in [1.807, 2.05) is 31.2 Å². The van der Waals surface area contributed by atoms with E-state index in [0.717, 1.165) is 17.7 Å². The number of imidazole rings is 1. The highest BCUT2D eigenvalue weighted by molar-refractivity contribution is 5.96. The lowest BCUT2D eigenvalue weighted by molar-refractivity contribution is 0.192. The van der Waals surface area contributed by atoms with Gasteiger partial charge < -0.3 is 15.4 Å². The van der Waals surface area contributed by atoms with Gasteiger partial charge in [0.15, 0.2) is 17.1 Å². The van der Waals surface area contributed by atoms with Crippen molar-refractivity contribution in [3.63, 3.8) is 0 Å². The molecule has 0 saturated heterocycles. The first-order valence-electron chi connectivity index (χ1n) is 11.8. The van der Waals surface area contributed by atoms with E-state index in [4.69, 9.17) is 0 Å². The average Bonchev–Trinajstić information content (AvgIpc) is 3.54. The van der Waals surface area contributed by atoms with Crippen LogP contribution in [-0.2, 0) is 0 Å². The van der Waals surface area contributed by atoms with Crippen LogP contribution in [-0.4, -0.2) is 51.4 Å². The molecule has 0 aliphatic heterocycles. The van der Waals surface area contributed by atoms with Crippen molar-refractivity contribution in [3.8, 4) is 33.9 Å². The van der Waals surface area contributed by atoms with Crippen LogP contribution >= 0.6 is 0 Å². The number of aromatic amines is 2. The summed E-state index contributed by atoms with van der Waals surface area (Å²) in [6, 6.07) is 9.22. The number of nitrogens with one attached hydrogen (secondary N) is 3. The minimum absolute atomic E-state index is 0.195. The largest absolute Gasteiger partial charge is 0.374 e. The number of hydrogen-bond acceptors (Lipinski definition) is 8. The van der Waals surface area contributed by atoms with Crippen molar-refractivity contribution in [2.45, 2.75) is 26.0 Å². The van der Waals surface area contributed by atoms with Gasteiger partial charge in [-0.05, 0) is 30.7 Å². The fraction of sp³-hybridized carbons (Fsp3) is 0.154. The van der Waals surface area contributed by atoms with Crippen molar-refractivity contribution in [3.05, 3.63) is 67.1 Å². The number of rotatable bonds is 7. The number of hydrogen-bond donors (Lipinski definition) is 4. The van der Waals surface area contributed by atoms with Crippen molar-refractivity contribution in [2.24, 2.45) is 0 Å². The summed E-state index contributed by atoms with van der Waals surface area (Å²) in [4.78, 5) is 25.2. The van der Waals surface area contributed by atoms with Crippen LogP contribution in [0.3, 0.4) is 0 Å². The van der Waals surface area contributed by atoms with E-state index in [2.05, 4.69) is 45.4 Å². The van der Waals surface area contributed by atoms with E-state index in [1.54, 1.807) is 30.9 Å². The summed E-state index contributed by atoms with van der Waals surface area (Å²) < 4.78 is 16.0. The summed E-state index contributed by atoms with van der Waals surface area (Å²) >= 11 is 0. The molecule has 6 aromatic rings. The highest BCUT2D eigenvalue weighted by Crippen LogP contribution is 2.34. The zero-order chi connectivity index (χ0) is 25.4. The number of pyridine rings is 4. The molecule has 0 fully saturated rings. The summed E-state index contributed by atoms with van der Waals surface area (Å²) in [5.41, 5.74) is 4.65. The summed E-state index contributed by atoms with van der Waals surface area (Å²) in [7, 11) is 0. The summed E-state index contributed by atoms with van der Waals surface area (Å²) in [5.74, 6) is -0.136. The number of anilines is 1. The molecule has 1 unspecified atom stereocenters. The molecule has 6 rings (SSSR count). The third-order valence-electron chi connectivity index (χ3n) is 6.03. The Morgan fingerprint density at radius 2 is 1.95 bits per heavy atom. The highest BCUT2D eigenvalue weighted by Gasteiger charge is 2.21. The van der Waals surface area contributed by atoms with E-state index in [0.29, 0.717) is 40.4 Å². The SMILES string of the molecule is CCCC(O)Nc1cncc(-c2cnc3n[nH]c(-c4nc5nccc(-c6ccccn6)c5[nH]4)c3c2F)c1. The van der Waals surface area contributed by atoms with Crippen LogP contribution in [0.1, 0.15) is 19.8 Å². The molecule has 6 heterocycles. The van der Waals surface area contributed by atoms with Crippen LogP contribution < -0.4 is 5.32 Å². The van der Waals surface area contributed by atoms with Gasteiger partial charge in [0.1, 0.15) is 17.7 Å². The number of halogens is 1. The van der Waals surface area contributed by atoms with Crippen molar-refractivity contribution in [2.75, 3.05) is 5.32 Å². The van der Waals surface area contributed by atoms with Gasteiger partial charge in [-0.2, -0.15) is 5.10 Å². The molecule has 37 heavy (non-hydrogen) atoms. The number of nitrogens with zero attached hydrogens (tertiary/aromatic N) is 6. The molecule has 4 N–H and O–H groups in total. The molecular weight excluding hydrogens is 473 g/mol. The van der Waals surface area contributed by atoms with Gasteiger partial charge in [-0.15, -0.1) is 0 Å². The number of H-pyrrole nitrogens is 2. The van der Waals surface area contributed by atoms with Crippen LogP contribution in [0.5, 0.6) is 0 Å². The second-order valence-corrected chi connectivity index (χ2v) is 8.55. The summed E-state index contributed by atoms with van der Waals surface area (Å²) in [5, 5.41) is 20.3. The third kappa shape index (κ3) is 4.15. The second-order valence-electron chi connectivity index (χ2n) is 8.55. The fourth-order valence-electron chi connectivity index (χ4n) is 4.29. The molecular formula is C26H22FN9O. The maximum Gasteiger partial charge on any atom is 0.184 e. The van der Waals surface area contributed by atoms with Gasteiger partial charge in [0.05, 0.1) is 28.5 Å². The first kappa shape index (κ1) is 22.7. The maximum absolute atomic E-state index is 16.0. The zero-order valence-electron chi connectivity index (χ0n) is 19.8. The van der Waals surface area contributed by atoms with E-state index < -0.39 is 12.0 Å². The summed E-state index contributed by atoms with van der Waals surface area (Å²) in [6.07, 6.45) is 8.61. The highest BCUT2D eigenvalue weighted by atomic mass is 19.1. The zero-order valence-corrected chi connectivity index (χ0v) is 19.8. The van der Waals surface area contributed by atoms with Crippen LogP contribution in [0.25, 0.3) is 56.1 Å². The first-order valence-corrected chi connectivity index (χ1v) is 11.8. The molecule has 0 aromatic carbocycles. The van der Waals surface area contributed by atoms with Crippen molar-refractivity contribution < 1.29 is 9.50 Å². The molecule has 0 radical (unpaired) electrons. The average molecular weight is 496 g/mol. The molecule has 6 aromatic heterocycles. The normalized spacial score (nSPS) is 12.3. The fourth-order valence-corrected chi connectivity index (χ4v) is 4.29. The minimum Gasteiger partial charge on any atom is -0.374 e. The molecule has 0 saturated carbocycles. The molecule has 0 aliphatic carbocycles. The first-order chi connectivity index (χ1) is 18.1. The lowest BCUT2D eigenvalue weighted by Crippen LogP contribution is -2.18. The van der Waals surface area contributed by atoms with Gasteiger partial charge in [0, 0.05) is 41.5 Å². The Hall–Kier alpha value is -4.77. The minimum atomic E-state index is -0.717. The molecule has 10 nitrogen and oxygen atoms in total. The van der Waals surface area contributed by atoms with Crippen molar-refractivity contribution >= 4 is 27.9 Å². The van der Waals surface area contributed by atoms with Crippen molar-refractivity contribution in [1.82, 2.24) is 40.1 Å². The Bertz CT molecular complexity index is 1710. The topological polar surface area (TPSA) is 141 Å². The standard InChI is InChI=1S/C26H22FN9O/c1-2-5-19(37)32-15-10-14(11-28-12-15)17-13-31-24-20(21(17)27)23(35-36-24)26-33-22-16(7-9-30-25(22)34-26)18-6-3-4-8-29-18/h3-4,6-13,19,32,37H,2,5H2,1H3,(H,30,33,34)(H,31,35,36). The van der Waals surface area contributed by atoms with Gasteiger partial charge >= 0.3 is 0 Å². The van der Waals surface area contributed by atoms with Crippen LogP contribution in [0.15, 0.2) is 61.3 Å². The molecule has 11 heteroatoms. The lowest BCUT2D eigenvalue weighted by atomic mass is 10.1. The van der Waals surface area contributed by atoms with E-state index in [9.17, 15) is 5.11 Å². The monoisotopic (exact) mass is 495 g/mol. The van der Waals surface area contributed by atoms with Crippen LogP contribution in [0.4, 0.5) is 10.1 Å². The van der Waals surface area contributed by atoms with Crippen LogP contribution in [0.2, 0.25) is 0 Å². The van der Waals surface area contributed by atoms with E-state index >= 15 is 4.39 Å². The molecule has 0 aliphatic rings. The lowest BCUT2D eigenvalue weighted by Gasteiger charge is -2.13. The Labute approximate surface area is 210 Å². The van der Waals surface area contributed by atoms with Gasteiger partial charge in [0.2, 0.25) is 0 Å². The number of fused-ring (bicyclic) bond motifs is 2. The predicted molar refractivity (Wildman–Crippen MR) is 138 cm³/mol. The summed E-state index contributed by atoms with van der Waals surface area (Å²) in [6.45, 7) is 1.98. The predicted octanol–water partition coefficient (Wildman–Crippen LogP) is 4.69. The Balaban J connectivity index is 1.44. The quantitative estimate of drug-likeness (QED) is 0.234. The van der Waals surface area contributed by atoms with Gasteiger partial charge in [-0.1, -0.05) is 19.4 Å². The molecule has 0 amide bonds. The van der Waals surface area contributed by atoms with Gasteiger partial charge in [0.25, 0.3) is 0 Å². The Morgan fingerprint density at radius 3 is 2.78 bits per heavy atom. The molecule has 0 bridgehead atoms. The van der Waals surface area contributed by atoms with E-state index in [-0.39, 0.29) is 16.6 Å². The smallest absolute Gasteiger partial charge is 0.184 e. The van der Waals surface area contributed by atoms with Gasteiger partial charge in [-0.25, -0.2) is 19.3 Å². The Morgan fingerprint density at radius 1 is 1.03 bits per heavy atom. The van der Waals surface area contributed by atoms with Gasteiger partial charge in [-0.3, -0.25) is 15.1 Å².